The van der Waals surface area contributed by atoms with Crippen molar-refractivity contribution in [1.82, 2.24) is 9.88 Å². The third kappa shape index (κ3) is 3.25. The molecule has 28 heavy (non-hydrogen) atoms. The van der Waals surface area contributed by atoms with Crippen LogP contribution in [0.2, 0.25) is 0 Å². The fraction of sp³-hybridized carbons (Fsp3) is 0.318. The number of carbonyl (C=O) groups is 1. The Balaban J connectivity index is 0.000000275. The van der Waals surface area contributed by atoms with Crippen LogP contribution in [0, 0.1) is 0 Å². The molecular formula is C22H25N3O3. The number of carbonyl (C=O) groups excluding carboxylic acids is 1. The number of aryl methyl sites for hydroxylation is 1. The average Bonchev–Trinajstić information content (AvgIpc) is 3.02. The topological polar surface area (TPSA) is 55.7 Å². The number of aromatic nitrogens is 1. The van der Waals surface area contributed by atoms with Crippen LogP contribution >= 0.6 is 0 Å². The smallest absolute Gasteiger partial charge is 0.278 e. The first-order valence-corrected chi connectivity index (χ1v) is 9.67. The molecule has 0 atom stereocenters. The minimum Gasteiger partial charge on any atom is -0.452 e. The summed E-state index contributed by atoms with van der Waals surface area (Å²) in [4.78, 5) is 14.6. The largest absolute Gasteiger partial charge is 0.452 e. The van der Waals surface area contributed by atoms with Gasteiger partial charge in [-0.25, -0.2) is 0 Å². The van der Waals surface area contributed by atoms with Crippen LogP contribution in [0.15, 0.2) is 48.5 Å². The summed E-state index contributed by atoms with van der Waals surface area (Å²) < 4.78 is 13.2. The van der Waals surface area contributed by atoms with Crippen molar-refractivity contribution in [2.75, 3.05) is 38.3 Å². The third-order valence-corrected chi connectivity index (χ3v) is 5.03. The highest BCUT2D eigenvalue weighted by Gasteiger charge is 2.31. The van der Waals surface area contributed by atoms with Gasteiger partial charge in [-0.15, -0.1) is 0 Å². The molecule has 0 unspecified atom stereocenters. The standard InChI is InChI=1S/C18H16N2O2.C4H9NO/c1-3-20-13-9-5-4-8-12(13)17-16(20)18(21)19(2)14-10-6-7-11-15(14)22-17;1-3-6-4-2-5-1/h4-11H,3H2,1-2H3;5H,1-4H2. The van der Waals surface area contributed by atoms with Crippen LogP contribution in [-0.2, 0) is 11.3 Å². The third-order valence-electron chi connectivity index (χ3n) is 5.03. The molecule has 0 aliphatic carbocycles. The van der Waals surface area contributed by atoms with Crippen molar-refractivity contribution in [3.8, 4) is 11.5 Å². The Kier molecular flexibility index (Phi) is 5.32. The lowest BCUT2D eigenvalue weighted by Gasteiger charge is -2.17. The van der Waals surface area contributed by atoms with Crippen LogP contribution in [0.1, 0.15) is 17.4 Å². The Morgan fingerprint density at radius 3 is 2.43 bits per heavy atom. The molecule has 6 heteroatoms. The molecule has 3 heterocycles. The van der Waals surface area contributed by atoms with Gasteiger partial charge in [0.1, 0.15) is 0 Å². The molecule has 0 saturated carbocycles. The molecule has 2 aliphatic heterocycles. The molecule has 1 fully saturated rings. The second kappa shape index (κ2) is 8.04. The number of rotatable bonds is 1. The molecule has 0 bridgehead atoms. The van der Waals surface area contributed by atoms with Crippen LogP contribution < -0.4 is 15.0 Å². The number of para-hydroxylation sites is 3. The number of anilines is 1. The number of morpholine rings is 1. The Hall–Kier alpha value is -2.83. The molecule has 146 valence electrons. The lowest BCUT2D eigenvalue weighted by atomic mass is 10.2. The van der Waals surface area contributed by atoms with Gasteiger partial charge in [-0.1, -0.05) is 24.3 Å². The molecule has 1 N–H and O–H groups in total. The molecule has 2 aromatic carbocycles. The van der Waals surface area contributed by atoms with Gasteiger partial charge in [0.15, 0.2) is 17.2 Å². The van der Waals surface area contributed by atoms with E-state index in [1.807, 2.05) is 60.0 Å². The van der Waals surface area contributed by atoms with Gasteiger partial charge in [-0.2, -0.15) is 0 Å². The molecule has 0 radical (unpaired) electrons. The summed E-state index contributed by atoms with van der Waals surface area (Å²) in [6, 6.07) is 15.6. The Morgan fingerprint density at radius 1 is 1.04 bits per heavy atom. The van der Waals surface area contributed by atoms with Gasteiger partial charge in [-0.3, -0.25) is 4.79 Å². The highest BCUT2D eigenvalue weighted by molar-refractivity contribution is 6.12. The summed E-state index contributed by atoms with van der Waals surface area (Å²) in [5, 5.41) is 4.13. The zero-order valence-electron chi connectivity index (χ0n) is 16.3. The predicted molar refractivity (Wildman–Crippen MR) is 111 cm³/mol. The van der Waals surface area contributed by atoms with E-state index in [4.69, 9.17) is 9.47 Å². The quantitative estimate of drug-likeness (QED) is 0.701. The van der Waals surface area contributed by atoms with Gasteiger partial charge in [0, 0.05) is 32.1 Å². The van der Waals surface area contributed by atoms with E-state index in [-0.39, 0.29) is 5.91 Å². The van der Waals surface area contributed by atoms with Crippen molar-refractivity contribution in [2.45, 2.75) is 13.5 Å². The van der Waals surface area contributed by atoms with Crippen LogP contribution in [-0.4, -0.2) is 43.8 Å². The Labute approximate surface area is 164 Å². The molecule has 2 aliphatic rings. The Morgan fingerprint density at radius 2 is 1.75 bits per heavy atom. The van der Waals surface area contributed by atoms with E-state index in [0.717, 1.165) is 49.4 Å². The average molecular weight is 379 g/mol. The summed E-state index contributed by atoms with van der Waals surface area (Å²) in [5.74, 6) is 1.31. The van der Waals surface area contributed by atoms with Gasteiger partial charge in [0.25, 0.3) is 5.91 Å². The molecule has 0 spiro atoms. The first-order valence-electron chi connectivity index (χ1n) is 9.67. The molecular weight excluding hydrogens is 354 g/mol. The zero-order valence-corrected chi connectivity index (χ0v) is 16.3. The second-order valence-corrected chi connectivity index (χ2v) is 6.74. The van der Waals surface area contributed by atoms with Crippen molar-refractivity contribution in [1.29, 1.82) is 0 Å². The van der Waals surface area contributed by atoms with E-state index in [2.05, 4.69) is 5.32 Å². The highest BCUT2D eigenvalue weighted by Crippen LogP contribution is 2.43. The normalized spacial score (nSPS) is 15.8. The highest BCUT2D eigenvalue weighted by atomic mass is 16.5. The van der Waals surface area contributed by atoms with Crippen molar-refractivity contribution in [3.05, 3.63) is 54.2 Å². The van der Waals surface area contributed by atoms with Gasteiger partial charge in [0.05, 0.1) is 24.4 Å². The molecule has 1 saturated heterocycles. The Bertz CT molecular complexity index is 980. The fourth-order valence-electron chi connectivity index (χ4n) is 3.63. The van der Waals surface area contributed by atoms with Crippen LogP contribution in [0.4, 0.5) is 5.69 Å². The number of benzene rings is 2. The summed E-state index contributed by atoms with van der Waals surface area (Å²) in [6.07, 6.45) is 0. The number of nitrogens with one attached hydrogen (secondary N) is 1. The molecule has 1 aromatic heterocycles. The summed E-state index contributed by atoms with van der Waals surface area (Å²) in [6.45, 7) is 6.59. The summed E-state index contributed by atoms with van der Waals surface area (Å²) >= 11 is 0. The number of hydrogen-bond acceptors (Lipinski definition) is 4. The van der Waals surface area contributed by atoms with E-state index >= 15 is 0 Å². The fourth-order valence-corrected chi connectivity index (χ4v) is 3.63. The van der Waals surface area contributed by atoms with Crippen LogP contribution in [0.3, 0.4) is 0 Å². The van der Waals surface area contributed by atoms with Crippen LogP contribution in [0.25, 0.3) is 10.9 Å². The number of hydrogen-bond donors (Lipinski definition) is 1. The minimum atomic E-state index is -0.0435. The molecule has 6 nitrogen and oxygen atoms in total. The number of amides is 1. The number of fused-ring (bicyclic) bond motifs is 4. The number of nitrogens with zero attached hydrogens (tertiary/aromatic N) is 2. The number of ether oxygens (including phenoxy) is 2. The van der Waals surface area contributed by atoms with E-state index < -0.39 is 0 Å². The molecule has 5 rings (SSSR count). The van der Waals surface area contributed by atoms with Crippen molar-refractivity contribution in [2.24, 2.45) is 0 Å². The maximum atomic E-state index is 13.0. The van der Waals surface area contributed by atoms with Crippen LogP contribution in [0.5, 0.6) is 11.5 Å². The van der Waals surface area contributed by atoms with E-state index in [1.54, 1.807) is 11.9 Å². The van der Waals surface area contributed by atoms with Crippen molar-refractivity contribution in [3.63, 3.8) is 0 Å². The van der Waals surface area contributed by atoms with Crippen molar-refractivity contribution < 1.29 is 14.3 Å². The van der Waals surface area contributed by atoms with Crippen molar-refractivity contribution >= 4 is 22.5 Å². The van der Waals surface area contributed by atoms with Gasteiger partial charge >= 0.3 is 0 Å². The molecule has 3 aromatic rings. The lowest BCUT2D eigenvalue weighted by molar-refractivity contribution is 0.0984. The maximum Gasteiger partial charge on any atom is 0.278 e. The summed E-state index contributed by atoms with van der Waals surface area (Å²) in [7, 11) is 1.79. The lowest BCUT2D eigenvalue weighted by Crippen LogP contribution is -2.30. The first-order chi connectivity index (χ1) is 13.7. The van der Waals surface area contributed by atoms with Gasteiger partial charge in [0.2, 0.25) is 0 Å². The van der Waals surface area contributed by atoms with Gasteiger partial charge < -0.3 is 24.3 Å². The SMILES string of the molecule is C1COCCN1.CCn1c2c(c3ccccc31)Oc1ccccc1N(C)C2=O. The monoisotopic (exact) mass is 379 g/mol. The molecule has 1 amide bonds. The maximum absolute atomic E-state index is 13.0. The first kappa shape index (κ1) is 18.5. The van der Waals surface area contributed by atoms with Gasteiger partial charge in [-0.05, 0) is 31.2 Å². The zero-order chi connectivity index (χ0) is 19.5. The van der Waals surface area contributed by atoms with E-state index in [1.165, 1.54) is 0 Å². The van der Waals surface area contributed by atoms with E-state index in [0.29, 0.717) is 17.2 Å². The second-order valence-electron chi connectivity index (χ2n) is 6.74. The van der Waals surface area contributed by atoms with E-state index in [9.17, 15) is 4.79 Å². The predicted octanol–water partition coefficient (Wildman–Crippen LogP) is 3.65. The summed E-state index contributed by atoms with van der Waals surface area (Å²) in [5.41, 5.74) is 2.42. The minimum absolute atomic E-state index is 0.0435.